The highest BCUT2D eigenvalue weighted by Gasteiger charge is 2.13. The van der Waals surface area contributed by atoms with Gasteiger partial charge in [-0.2, -0.15) is 0 Å². The number of hydrogen-bond donors (Lipinski definition) is 0. The van der Waals surface area contributed by atoms with Crippen LogP contribution in [0.2, 0.25) is 0 Å². The standard InChI is InChI=1S/C25H21IN2O2/c1-16-4-12-23(17(2)14-16)28-24(13-7-18-5-9-20(30-3)10-6-18)27-22-11-8-19(26)15-21(22)25(28)29/h4-15H,1-3H3. The Morgan fingerprint density at radius 1 is 0.967 bits per heavy atom. The molecule has 0 radical (unpaired) electrons. The van der Waals surface area contributed by atoms with Gasteiger partial charge in [-0.15, -0.1) is 0 Å². The van der Waals surface area contributed by atoms with E-state index in [-0.39, 0.29) is 5.56 Å². The first-order chi connectivity index (χ1) is 14.5. The molecule has 0 fully saturated rings. The number of rotatable bonds is 4. The molecule has 0 atom stereocenters. The molecule has 5 heteroatoms. The van der Waals surface area contributed by atoms with Crippen LogP contribution in [0.4, 0.5) is 0 Å². The van der Waals surface area contributed by atoms with Crippen LogP contribution in [0.25, 0.3) is 28.7 Å². The lowest BCUT2D eigenvalue weighted by atomic mass is 10.1. The summed E-state index contributed by atoms with van der Waals surface area (Å²) >= 11 is 2.22. The van der Waals surface area contributed by atoms with E-state index in [9.17, 15) is 4.79 Å². The molecule has 0 saturated heterocycles. The van der Waals surface area contributed by atoms with Crippen molar-refractivity contribution in [2.24, 2.45) is 0 Å². The number of methoxy groups -OCH3 is 1. The topological polar surface area (TPSA) is 44.1 Å². The van der Waals surface area contributed by atoms with Crippen LogP contribution in [0.15, 0.2) is 65.5 Å². The van der Waals surface area contributed by atoms with Gasteiger partial charge in [-0.3, -0.25) is 9.36 Å². The van der Waals surface area contributed by atoms with Crippen molar-refractivity contribution in [1.82, 2.24) is 9.55 Å². The minimum Gasteiger partial charge on any atom is -0.497 e. The lowest BCUT2D eigenvalue weighted by Gasteiger charge is -2.14. The summed E-state index contributed by atoms with van der Waals surface area (Å²) in [5.41, 5.74) is 4.65. The first-order valence-electron chi connectivity index (χ1n) is 9.58. The van der Waals surface area contributed by atoms with E-state index < -0.39 is 0 Å². The Morgan fingerprint density at radius 2 is 1.73 bits per heavy atom. The maximum atomic E-state index is 13.5. The van der Waals surface area contributed by atoms with E-state index >= 15 is 0 Å². The van der Waals surface area contributed by atoms with Crippen molar-refractivity contribution in [2.45, 2.75) is 13.8 Å². The molecule has 4 aromatic rings. The zero-order chi connectivity index (χ0) is 21.3. The quantitative estimate of drug-likeness (QED) is 0.328. The predicted molar refractivity (Wildman–Crippen MR) is 131 cm³/mol. The van der Waals surface area contributed by atoms with Crippen LogP contribution in [-0.2, 0) is 0 Å². The van der Waals surface area contributed by atoms with Crippen LogP contribution in [0.1, 0.15) is 22.5 Å². The normalized spacial score (nSPS) is 11.3. The number of aryl methyl sites for hydroxylation is 2. The third kappa shape index (κ3) is 4.03. The predicted octanol–water partition coefficient (Wildman–Crippen LogP) is 5.79. The van der Waals surface area contributed by atoms with Crippen LogP contribution in [-0.4, -0.2) is 16.7 Å². The molecule has 0 aliphatic carbocycles. The van der Waals surface area contributed by atoms with Crippen molar-refractivity contribution < 1.29 is 4.74 Å². The third-order valence-corrected chi connectivity index (χ3v) is 5.66. The molecule has 0 aliphatic heterocycles. The molecule has 0 saturated carbocycles. The van der Waals surface area contributed by atoms with Crippen molar-refractivity contribution in [3.63, 3.8) is 0 Å². The van der Waals surface area contributed by atoms with E-state index in [1.165, 1.54) is 0 Å². The van der Waals surface area contributed by atoms with Crippen molar-refractivity contribution in [2.75, 3.05) is 7.11 Å². The summed E-state index contributed by atoms with van der Waals surface area (Å²) in [5.74, 6) is 1.40. The van der Waals surface area contributed by atoms with E-state index in [0.717, 1.165) is 31.7 Å². The molecule has 0 unspecified atom stereocenters. The fraction of sp³-hybridized carbons (Fsp3) is 0.120. The van der Waals surface area contributed by atoms with Gasteiger partial charge in [-0.1, -0.05) is 35.9 Å². The minimum absolute atomic E-state index is 0.0696. The van der Waals surface area contributed by atoms with Crippen LogP contribution in [0, 0.1) is 17.4 Å². The Kier molecular flexibility index (Phi) is 5.72. The zero-order valence-electron chi connectivity index (χ0n) is 17.0. The summed E-state index contributed by atoms with van der Waals surface area (Å²) in [4.78, 5) is 18.3. The number of nitrogens with zero attached hydrogens (tertiary/aromatic N) is 2. The SMILES string of the molecule is COc1ccc(C=Cc2nc3ccc(I)cc3c(=O)n2-c2ccc(C)cc2C)cc1. The number of hydrogen-bond acceptors (Lipinski definition) is 3. The van der Waals surface area contributed by atoms with E-state index in [1.54, 1.807) is 11.7 Å². The molecule has 4 nitrogen and oxygen atoms in total. The van der Waals surface area contributed by atoms with Gasteiger partial charge >= 0.3 is 0 Å². The summed E-state index contributed by atoms with van der Waals surface area (Å²) in [5, 5.41) is 0.614. The Labute approximate surface area is 189 Å². The number of ether oxygens (including phenoxy) is 1. The third-order valence-electron chi connectivity index (χ3n) is 4.99. The monoisotopic (exact) mass is 508 g/mol. The maximum Gasteiger partial charge on any atom is 0.266 e. The number of benzene rings is 3. The highest BCUT2D eigenvalue weighted by atomic mass is 127. The highest BCUT2D eigenvalue weighted by molar-refractivity contribution is 14.1. The second-order valence-electron chi connectivity index (χ2n) is 7.17. The molecule has 1 heterocycles. The molecule has 1 aromatic heterocycles. The van der Waals surface area contributed by atoms with Gasteiger partial charge in [-0.25, -0.2) is 4.98 Å². The van der Waals surface area contributed by atoms with Crippen molar-refractivity contribution >= 4 is 45.6 Å². The van der Waals surface area contributed by atoms with E-state index in [1.807, 2.05) is 80.6 Å². The van der Waals surface area contributed by atoms with Gasteiger partial charge in [0, 0.05) is 3.57 Å². The lowest BCUT2D eigenvalue weighted by molar-refractivity contribution is 0.415. The molecular weight excluding hydrogens is 487 g/mol. The van der Waals surface area contributed by atoms with E-state index in [4.69, 9.17) is 9.72 Å². The average Bonchev–Trinajstić information content (AvgIpc) is 2.74. The van der Waals surface area contributed by atoms with Crippen LogP contribution in [0.5, 0.6) is 5.75 Å². The number of halogens is 1. The molecular formula is C25H21IN2O2. The lowest BCUT2D eigenvalue weighted by Crippen LogP contribution is -2.23. The summed E-state index contributed by atoms with van der Waals surface area (Å²) < 4.78 is 7.93. The second-order valence-corrected chi connectivity index (χ2v) is 8.41. The summed E-state index contributed by atoms with van der Waals surface area (Å²) in [6, 6.07) is 19.6. The Morgan fingerprint density at radius 3 is 2.43 bits per heavy atom. The largest absolute Gasteiger partial charge is 0.497 e. The maximum absolute atomic E-state index is 13.5. The van der Waals surface area contributed by atoms with Gasteiger partial charge in [0.25, 0.3) is 5.56 Å². The molecule has 0 N–H and O–H groups in total. The van der Waals surface area contributed by atoms with Crippen molar-refractivity contribution in [1.29, 1.82) is 0 Å². The minimum atomic E-state index is -0.0696. The molecule has 150 valence electrons. The Bertz CT molecular complexity index is 1320. The molecule has 0 spiro atoms. The van der Waals surface area contributed by atoms with Gasteiger partial charge in [0.2, 0.25) is 0 Å². The fourth-order valence-electron chi connectivity index (χ4n) is 3.46. The molecule has 30 heavy (non-hydrogen) atoms. The van der Waals surface area contributed by atoms with Crippen molar-refractivity contribution in [3.05, 3.63) is 97.1 Å². The van der Waals surface area contributed by atoms with E-state index in [0.29, 0.717) is 16.7 Å². The molecule has 3 aromatic carbocycles. The number of fused-ring (bicyclic) bond motifs is 1. The fourth-order valence-corrected chi connectivity index (χ4v) is 3.95. The highest BCUT2D eigenvalue weighted by Crippen LogP contribution is 2.21. The van der Waals surface area contributed by atoms with Gasteiger partial charge in [-0.05, 0) is 90.0 Å². The first-order valence-corrected chi connectivity index (χ1v) is 10.7. The summed E-state index contributed by atoms with van der Waals surface area (Å²) in [6.45, 7) is 4.07. The Balaban J connectivity index is 1.93. The molecule has 0 amide bonds. The second kappa shape index (κ2) is 8.44. The molecule has 0 aliphatic rings. The number of aromatic nitrogens is 2. The zero-order valence-corrected chi connectivity index (χ0v) is 19.2. The van der Waals surface area contributed by atoms with Crippen LogP contribution >= 0.6 is 22.6 Å². The molecule has 0 bridgehead atoms. The first kappa shape index (κ1) is 20.3. The van der Waals surface area contributed by atoms with Crippen LogP contribution < -0.4 is 10.3 Å². The van der Waals surface area contributed by atoms with Gasteiger partial charge in [0.1, 0.15) is 11.6 Å². The summed E-state index contributed by atoms with van der Waals surface area (Å²) in [6.07, 6.45) is 3.85. The molecule has 4 rings (SSSR count). The van der Waals surface area contributed by atoms with Crippen LogP contribution in [0.3, 0.4) is 0 Å². The Hall–Kier alpha value is -2.93. The van der Waals surface area contributed by atoms with Gasteiger partial charge < -0.3 is 4.74 Å². The van der Waals surface area contributed by atoms with Gasteiger partial charge in [0.05, 0.1) is 23.7 Å². The summed E-state index contributed by atoms with van der Waals surface area (Å²) in [7, 11) is 1.65. The van der Waals surface area contributed by atoms with Crippen molar-refractivity contribution in [3.8, 4) is 11.4 Å². The van der Waals surface area contributed by atoms with E-state index in [2.05, 4.69) is 28.7 Å². The smallest absolute Gasteiger partial charge is 0.266 e. The van der Waals surface area contributed by atoms with Gasteiger partial charge in [0.15, 0.2) is 0 Å². The average molecular weight is 508 g/mol.